The number of nitrogens with zero attached hydrogens (tertiary/aromatic N) is 2. The van der Waals surface area contributed by atoms with Gasteiger partial charge in [-0.05, 0) is 51.0 Å². The molecule has 144 valence electrons. The van der Waals surface area contributed by atoms with Crippen molar-refractivity contribution in [2.75, 3.05) is 29.9 Å². The molecule has 0 saturated carbocycles. The molecular weight excluding hydrogens is 351 g/mol. The van der Waals surface area contributed by atoms with Crippen LogP contribution in [0.1, 0.15) is 26.7 Å². The molecule has 2 heterocycles. The molecule has 1 fully saturated rings. The van der Waals surface area contributed by atoms with Gasteiger partial charge in [-0.25, -0.2) is 19.0 Å². The summed E-state index contributed by atoms with van der Waals surface area (Å²) in [5.74, 6) is -0.279. The van der Waals surface area contributed by atoms with Crippen LogP contribution in [0.15, 0.2) is 24.3 Å². The molecular formula is C19H23FN4O3. The van der Waals surface area contributed by atoms with E-state index in [-0.39, 0.29) is 17.8 Å². The number of nitrogens with one attached hydrogen (secondary N) is 2. The number of fused-ring (bicyclic) bond motifs is 1. The molecule has 0 aliphatic carbocycles. The number of hydrogen-bond donors (Lipinski definition) is 2. The van der Waals surface area contributed by atoms with Crippen LogP contribution in [0.5, 0.6) is 0 Å². The molecule has 0 spiro atoms. The molecule has 8 heteroatoms. The van der Waals surface area contributed by atoms with E-state index in [0.717, 1.165) is 31.7 Å². The minimum absolute atomic E-state index is 0.231. The van der Waals surface area contributed by atoms with E-state index in [1.54, 1.807) is 19.1 Å². The van der Waals surface area contributed by atoms with Gasteiger partial charge in [-0.1, -0.05) is 0 Å². The number of ether oxygens (including phenoxy) is 1. The van der Waals surface area contributed by atoms with Crippen LogP contribution >= 0.6 is 0 Å². The number of urea groups is 1. The SMILES string of the molecule is CCOC(=O)[C@H](C)NC(=O)Nc1cc(F)c2nc(N3CCCC3)ccc2c1. The zero-order chi connectivity index (χ0) is 19.4. The van der Waals surface area contributed by atoms with Crippen molar-refractivity contribution in [3.8, 4) is 0 Å². The summed E-state index contributed by atoms with van der Waals surface area (Å²) in [5.41, 5.74) is 0.550. The molecule has 27 heavy (non-hydrogen) atoms. The summed E-state index contributed by atoms with van der Waals surface area (Å²) in [7, 11) is 0. The smallest absolute Gasteiger partial charge is 0.328 e. The first-order chi connectivity index (χ1) is 13.0. The van der Waals surface area contributed by atoms with Gasteiger partial charge in [0.25, 0.3) is 0 Å². The van der Waals surface area contributed by atoms with Gasteiger partial charge in [-0.3, -0.25) is 0 Å². The summed E-state index contributed by atoms with van der Waals surface area (Å²) >= 11 is 0. The van der Waals surface area contributed by atoms with Crippen molar-refractivity contribution < 1.29 is 18.7 Å². The summed E-state index contributed by atoms with van der Waals surface area (Å²) in [6.45, 7) is 5.29. The van der Waals surface area contributed by atoms with Gasteiger partial charge in [0.05, 0.1) is 6.61 Å². The highest BCUT2D eigenvalue weighted by Gasteiger charge is 2.18. The summed E-state index contributed by atoms with van der Waals surface area (Å²) in [4.78, 5) is 30.2. The van der Waals surface area contributed by atoms with E-state index in [4.69, 9.17) is 4.74 Å². The lowest BCUT2D eigenvalue weighted by atomic mass is 10.2. The van der Waals surface area contributed by atoms with Crippen LogP contribution in [0.25, 0.3) is 10.9 Å². The van der Waals surface area contributed by atoms with Gasteiger partial charge >= 0.3 is 12.0 Å². The Labute approximate surface area is 156 Å². The van der Waals surface area contributed by atoms with Crippen LogP contribution in [0.3, 0.4) is 0 Å². The molecule has 2 aromatic rings. The standard InChI is InChI=1S/C19H23FN4O3/c1-3-27-18(25)12(2)21-19(26)22-14-10-13-6-7-16(24-8-4-5-9-24)23-17(13)15(20)11-14/h6-7,10-12H,3-5,8-9H2,1-2H3,(H2,21,22,26)/t12-/m0/s1. The molecule has 1 aromatic heterocycles. The minimum atomic E-state index is -0.806. The van der Waals surface area contributed by atoms with Crippen LogP contribution < -0.4 is 15.5 Å². The number of carbonyl (C=O) groups excluding carboxylic acids is 2. The van der Waals surface area contributed by atoms with E-state index in [1.807, 2.05) is 6.07 Å². The van der Waals surface area contributed by atoms with E-state index in [9.17, 15) is 14.0 Å². The second-order valence-corrected chi connectivity index (χ2v) is 6.47. The Morgan fingerprint density at radius 1 is 1.30 bits per heavy atom. The van der Waals surface area contributed by atoms with Gasteiger partial charge in [0.2, 0.25) is 0 Å². The Morgan fingerprint density at radius 3 is 2.74 bits per heavy atom. The largest absolute Gasteiger partial charge is 0.464 e. The second-order valence-electron chi connectivity index (χ2n) is 6.47. The maximum Gasteiger partial charge on any atom is 0.328 e. The summed E-state index contributed by atoms with van der Waals surface area (Å²) in [6.07, 6.45) is 2.23. The number of anilines is 2. The fourth-order valence-electron chi connectivity index (χ4n) is 3.07. The minimum Gasteiger partial charge on any atom is -0.464 e. The third kappa shape index (κ3) is 4.45. The lowest BCUT2D eigenvalue weighted by molar-refractivity contribution is -0.144. The predicted molar refractivity (Wildman–Crippen MR) is 101 cm³/mol. The van der Waals surface area contributed by atoms with Crippen molar-refractivity contribution in [3.05, 3.63) is 30.1 Å². The lowest BCUT2D eigenvalue weighted by Crippen LogP contribution is -2.41. The molecule has 0 unspecified atom stereocenters. The Bertz CT molecular complexity index is 852. The van der Waals surface area contributed by atoms with Crippen molar-refractivity contribution in [2.45, 2.75) is 32.7 Å². The zero-order valence-electron chi connectivity index (χ0n) is 15.4. The Kier molecular flexibility index (Phi) is 5.73. The van der Waals surface area contributed by atoms with E-state index in [2.05, 4.69) is 20.5 Å². The number of halogens is 1. The average Bonchev–Trinajstić information content (AvgIpc) is 3.16. The third-order valence-electron chi connectivity index (χ3n) is 4.41. The summed E-state index contributed by atoms with van der Waals surface area (Å²) < 4.78 is 19.4. The van der Waals surface area contributed by atoms with E-state index in [1.165, 1.54) is 13.0 Å². The van der Waals surface area contributed by atoms with Gasteiger partial charge in [-0.15, -0.1) is 0 Å². The van der Waals surface area contributed by atoms with Crippen LogP contribution in [0.2, 0.25) is 0 Å². The molecule has 1 atom stereocenters. The molecule has 1 saturated heterocycles. The Balaban J connectivity index is 1.73. The monoisotopic (exact) mass is 374 g/mol. The number of esters is 1. The molecule has 1 aliphatic heterocycles. The molecule has 3 rings (SSSR count). The number of rotatable bonds is 5. The first-order valence-electron chi connectivity index (χ1n) is 9.07. The van der Waals surface area contributed by atoms with Gasteiger partial charge < -0.3 is 20.3 Å². The number of pyridine rings is 1. The summed E-state index contributed by atoms with van der Waals surface area (Å²) in [6, 6.07) is 5.10. The quantitative estimate of drug-likeness (QED) is 0.786. The highest BCUT2D eigenvalue weighted by atomic mass is 19.1. The first-order valence-corrected chi connectivity index (χ1v) is 9.07. The van der Waals surface area contributed by atoms with E-state index in [0.29, 0.717) is 5.39 Å². The van der Waals surface area contributed by atoms with Crippen LogP contribution in [-0.4, -0.2) is 42.7 Å². The summed E-state index contributed by atoms with van der Waals surface area (Å²) in [5, 5.41) is 5.58. The Morgan fingerprint density at radius 2 is 2.04 bits per heavy atom. The molecule has 1 aliphatic rings. The topological polar surface area (TPSA) is 83.6 Å². The predicted octanol–water partition coefficient (Wildman–Crippen LogP) is 3.05. The average molecular weight is 374 g/mol. The molecule has 7 nitrogen and oxygen atoms in total. The van der Waals surface area contributed by atoms with Crippen molar-refractivity contribution >= 4 is 34.4 Å². The van der Waals surface area contributed by atoms with Crippen LogP contribution in [-0.2, 0) is 9.53 Å². The normalized spacial score (nSPS) is 14.9. The number of aromatic nitrogens is 1. The number of hydrogen-bond acceptors (Lipinski definition) is 5. The number of benzene rings is 1. The molecule has 2 N–H and O–H groups in total. The maximum atomic E-state index is 14.5. The van der Waals surface area contributed by atoms with Crippen molar-refractivity contribution in [3.63, 3.8) is 0 Å². The third-order valence-corrected chi connectivity index (χ3v) is 4.41. The first kappa shape index (κ1) is 18.9. The van der Waals surface area contributed by atoms with Gasteiger partial charge in [0, 0.05) is 24.2 Å². The van der Waals surface area contributed by atoms with Crippen LogP contribution in [0.4, 0.5) is 20.7 Å². The zero-order valence-corrected chi connectivity index (χ0v) is 15.4. The van der Waals surface area contributed by atoms with Crippen molar-refractivity contribution in [1.82, 2.24) is 10.3 Å². The van der Waals surface area contributed by atoms with Gasteiger partial charge in [0.15, 0.2) is 5.82 Å². The van der Waals surface area contributed by atoms with Gasteiger partial charge in [-0.2, -0.15) is 0 Å². The van der Waals surface area contributed by atoms with E-state index >= 15 is 0 Å². The second kappa shape index (κ2) is 8.20. The molecule has 0 bridgehead atoms. The van der Waals surface area contributed by atoms with E-state index < -0.39 is 23.9 Å². The molecule has 1 aromatic carbocycles. The lowest BCUT2D eigenvalue weighted by Gasteiger charge is -2.17. The number of amides is 2. The van der Waals surface area contributed by atoms with Crippen molar-refractivity contribution in [2.24, 2.45) is 0 Å². The van der Waals surface area contributed by atoms with Crippen molar-refractivity contribution in [1.29, 1.82) is 0 Å². The highest BCUT2D eigenvalue weighted by molar-refractivity contribution is 5.95. The fraction of sp³-hybridized carbons (Fsp3) is 0.421. The van der Waals surface area contributed by atoms with Gasteiger partial charge in [0.1, 0.15) is 17.4 Å². The fourth-order valence-corrected chi connectivity index (χ4v) is 3.07. The molecule has 0 radical (unpaired) electrons. The number of carbonyl (C=O) groups is 2. The Hall–Kier alpha value is -2.90. The molecule has 2 amide bonds. The van der Waals surface area contributed by atoms with Crippen LogP contribution in [0, 0.1) is 5.82 Å². The highest BCUT2D eigenvalue weighted by Crippen LogP contribution is 2.26. The maximum absolute atomic E-state index is 14.5.